The smallest absolute Gasteiger partial charge is 0.126 e. The Morgan fingerprint density at radius 3 is 2.55 bits per heavy atom. The zero-order chi connectivity index (χ0) is 15.0. The number of aryl methyl sites for hydroxylation is 1. The zero-order valence-electron chi connectivity index (χ0n) is 13.4. The fourth-order valence-corrected chi connectivity index (χ4v) is 2.42. The van der Waals surface area contributed by atoms with Crippen molar-refractivity contribution >= 4 is 0 Å². The lowest BCUT2D eigenvalue weighted by atomic mass is 10.0. The van der Waals surface area contributed by atoms with E-state index in [0.717, 1.165) is 31.6 Å². The maximum absolute atomic E-state index is 13.7. The number of hydrogen-bond acceptors (Lipinski definition) is 2. The summed E-state index contributed by atoms with van der Waals surface area (Å²) in [4.78, 5) is 2.47. The lowest BCUT2D eigenvalue weighted by Crippen LogP contribution is -2.29. The summed E-state index contributed by atoms with van der Waals surface area (Å²) in [5, 5.41) is 3.31. The second kappa shape index (κ2) is 9.09. The third-order valence-corrected chi connectivity index (χ3v) is 3.96. The van der Waals surface area contributed by atoms with Crippen LogP contribution in [-0.4, -0.2) is 31.6 Å². The van der Waals surface area contributed by atoms with Gasteiger partial charge in [0.25, 0.3) is 0 Å². The van der Waals surface area contributed by atoms with Crippen molar-refractivity contribution in [3.63, 3.8) is 0 Å². The molecule has 0 saturated carbocycles. The summed E-state index contributed by atoms with van der Waals surface area (Å²) in [5.41, 5.74) is 1.75. The Hall–Kier alpha value is -0.930. The van der Waals surface area contributed by atoms with Crippen LogP contribution in [0.4, 0.5) is 4.39 Å². The van der Waals surface area contributed by atoms with Gasteiger partial charge in [0.1, 0.15) is 5.82 Å². The molecule has 1 N–H and O–H groups in total. The van der Waals surface area contributed by atoms with E-state index < -0.39 is 0 Å². The van der Waals surface area contributed by atoms with Gasteiger partial charge in [0.05, 0.1) is 0 Å². The first-order valence-electron chi connectivity index (χ1n) is 7.78. The van der Waals surface area contributed by atoms with E-state index in [2.05, 4.69) is 24.1 Å². The third-order valence-electron chi connectivity index (χ3n) is 3.96. The van der Waals surface area contributed by atoms with E-state index in [1.807, 2.05) is 19.2 Å². The van der Waals surface area contributed by atoms with E-state index in [4.69, 9.17) is 0 Å². The van der Waals surface area contributed by atoms with E-state index in [-0.39, 0.29) is 11.9 Å². The lowest BCUT2D eigenvalue weighted by Gasteiger charge is -2.24. The van der Waals surface area contributed by atoms with Crippen molar-refractivity contribution in [2.24, 2.45) is 0 Å². The molecular formula is C17H29FN2. The highest BCUT2D eigenvalue weighted by molar-refractivity contribution is 5.25. The van der Waals surface area contributed by atoms with Gasteiger partial charge in [-0.05, 0) is 63.6 Å². The van der Waals surface area contributed by atoms with Gasteiger partial charge >= 0.3 is 0 Å². The predicted molar refractivity (Wildman–Crippen MR) is 84.6 cm³/mol. The second-order valence-corrected chi connectivity index (χ2v) is 5.43. The van der Waals surface area contributed by atoms with Crippen LogP contribution in [0.25, 0.3) is 0 Å². The predicted octanol–water partition coefficient (Wildman–Crippen LogP) is 3.91. The summed E-state index contributed by atoms with van der Waals surface area (Å²) in [7, 11) is 1.95. The molecule has 1 atom stereocenters. The molecule has 3 heteroatoms. The molecule has 1 unspecified atom stereocenters. The fourth-order valence-electron chi connectivity index (χ4n) is 2.42. The molecule has 0 bridgehead atoms. The van der Waals surface area contributed by atoms with Gasteiger partial charge < -0.3 is 10.2 Å². The minimum absolute atomic E-state index is 0.110. The largest absolute Gasteiger partial charge is 0.313 e. The van der Waals surface area contributed by atoms with Crippen LogP contribution < -0.4 is 5.32 Å². The van der Waals surface area contributed by atoms with Gasteiger partial charge in [0, 0.05) is 6.04 Å². The number of nitrogens with one attached hydrogen (secondary N) is 1. The molecule has 0 fully saturated rings. The number of hydrogen-bond donors (Lipinski definition) is 1. The van der Waals surface area contributed by atoms with E-state index in [1.165, 1.54) is 12.8 Å². The van der Waals surface area contributed by atoms with Crippen molar-refractivity contribution in [2.75, 3.05) is 26.7 Å². The normalized spacial score (nSPS) is 12.9. The summed E-state index contributed by atoms with van der Waals surface area (Å²) in [6.07, 6.45) is 3.49. The Bertz CT molecular complexity index is 393. The van der Waals surface area contributed by atoms with Crippen molar-refractivity contribution in [1.29, 1.82) is 0 Å². The minimum Gasteiger partial charge on any atom is -0.313 e. The molecule has 2 nitrogen and oxygen atoms in total. The number of benzene rings is 1. The first-order valence-corrected chi connectivity index (χ1v) is 7.78. The summed E-state index contributed by atoms with van der Waals surface area (Å²) >= 11 is 0. The molecule has 0 aromatic heterocycles. The van der Waals surface area contributed by atoms with Gasteiger partial charge in [-0.15, -0.1) is 0 Å². The molecule has 20 heavy (non-hydrogen) atoms. The zero-order valence-corrected chi connectivity index (χ0v) is 13.4. The summed E-state index contributed by atoms with van der Waals surface area (Å²) in [6, 6.07) is 5.78. The van der Waals surface area contributed by atoms with Crippen LogP contribution in [0.1, 0.15) is 50.3 Å². The molecule has 1 rings (SSSR count). The molecule has 0 saturated heterocycles. The Labute approximate surface area is 123 Å². The SMILES string of the molecule is CCCCN(CC)CCC(NC)c1ccc(C)c(F)c1. The van der Waals surface area contributed by atoms with Crippen LogP contribution in [0, 0.1) is 12.7 Å². The van der Waals surface area contributed by atoms with Crippen LogP contribution in [0.5, 0.6) is 0 Å². The monoisotopic (exact) mass is 280 g/mol. The summed E-state index contributed by atoms with van der Waals surface area (Å²) in [6.45, 7) is 9.52. The van der Waals surface area contributed by atoms with Gasteiger partial charge in [-0.3, -0.25) is 0 Å². The molecule has 0 aliphatic rings. The van der Waals surface area contributed by atoms with Gasteiger partial charge in [0.2, 0.25) is 0 Å². The van der Waals surface area contributed by atoms with Crippen molar-refractivity contribution in [2.45, 2.75) is 46.1 Å². The Balaban J connectivity index is 2.59. The molecule has 0 amide bonds. The molecule has 0 radical (unpaired) electrons. The van der Waals surface area contributed by atoms with Crippen LogP contribution in [-0.2, 0) is 0 Å². The second-order valence-electron chi connectivity index (χ2n) is 5.43. The van der Waals surface area contributed by atoms with Crippen molar-refractivity contribution in [3.8, 4) is 0 Å². The maximum Gasteiger partial charge on any atom is 0.126 e. The van der Waals surface area contributed by atoms with Crippen LogP contribution in [0.2, 0.25) is 0 Å². The quantitative estimate of drug-likeness (QED) is 0.738. The molecule has 0 aliphatic carbocycles. The standard InChI is InChI=1S/C17H29FN2/c1-5-7-11-20(6-2)12-10-17(19-4)15-9-8-14(3)16(18)13-15/h8-9,13,17,19H,5-7,10-12H2,1-4H3. The van der Waals surface area contributed by atoms with Crippen LogP contribution in [0.15, 0.2) is 18.2 Å². The Morgan fingerprint density at radius 1 is 1.25 bits per heavy atom. The topological polar surface area (TPSA) is 15.3 Å². The maximum atomic E-state index is 13.7. The average molecular weight is 280 g/mol. The first kappa shape index (κ1) is 17.1. The van der Waals surface area contributed by atoms with Gasteiger partial charge in [-0.1, -0.05) is 32.4 Å². The number of nitrogens with zero attached hydrogens (tertiary/aromatic N) is 1. The molecular weight excluding hydrogens is 251 g/mol. The van der Waals surface area contributed by atoms with E-state index in [0.29, 0.717) is 5.56 Å². The average Bonchev–Trinajstić information content (AvgIpc) is 2.46. The van der Waals surface area contributed by atoms with Crippen LogP contribution in [0.3, 0.4) is 0 Å². The van der Waals surface area contributed by atoms with E-state index >= 15 is 0 Å². The molecule has 1 aromatic carbocycles. The number of rotatable bonds is 9. The van der Waals surface area contributed by atoms with Gasteiger partial charge in [-0.25, -0.2) is 4.39 Å². The lowest BCUT2D eigenvalue weighted by molar-refractivity contribution is 0.267. The molecule has 0 spiro atoms. The van der Waals surface area contributed by atoms with Crippen molar-refractivity contribution in [1.82, 2.24) is 10.2 Å². The highest BCUT2D eigenvalue weighted by Crippen LogP contribution is 2.19. The van der Waals surface area contributed by atoms with E-state index in [9.17, 15) is 4.39 Å². The number of unbranched alkanes of at least 4 members (excludes halogenated alkanes) is 1. The fraction of sp³-hybridized carbons (Fsp3) is 0.647. The third kappa shape index (κ3) is 5.22. The number of halogens is 1. The first-order chi connectivity index (χ1) is 9.62. The van der Waals surface area contributed by atoms with Crippen LogP contribution >= 0.6 is 0 Å². The Morgan fingerprint density at radius 2 is 2.00 bits per heavy atom. The Kier molecular flexibility index (Phi) is 7.78. The van der Waals surface area contributed by atoms with Crippen molar-refractivity contribution in [3.05, 3.63) is 35.1 Å². The summed E-state index contributed by atoms with van der Waals surface area (Å²) < 4.78 is 13.7. The minimum atomic E-state index is -0.110. The molecule has 0 aliphatic heterocycles. The molecule has 0 heterocycles. The molecule has 114 valence electrons. The molecule has 1 aromatic rings. The van der Waals surface area contributed by atoms with Crippen molar-refractivity contribution < 1.29 is 4.39 Å². The summed E-state index contributed by atoms with van der Waals surface area (Å²) in [5.74, 6) is -0.110. The highest BCUT2D eigenvalue weighted by Gasteiger charge is 2.12. The van der Waals surface area contributed by atoms with Gasteiger partial charge in [0.15, 0.2) is 0 Å². The highest BCUT2D eigenvalue weighted by atomic mass is 19.1. The van der Waals surface area contributed by atoms with Gasteiger partial charge in [-0.2, -0.15) is 0 Å². The van der Waals surface area contributed by atoms with E-state index in [1.54, 1.807) is 13.0 Å².